The first-order valence-electron chi connectivity index (χ1n) is 28.1. The molecule has 412 valence electrons. The third-order valence-corrected chi connectivity index (χ3v) is 12.4. The van der Waals surface area contributed by atoms with Crippen LogP contribution < -0.4 is 0 Å². The van der Waals surface area contributed by atoms with Gasteiger partial charge in [-0.2, -0.15) is 0 Å². The molecule has 0 aliphatic carbocycles. The molecule has 0 spiro atoms. The summed E-state index contributed by atoms with van der Waals surface area (Å²) in [6.45, 7) is 4.37. The number of esters is 3. The van der Waals surface area contributed by atoms with Gasteiger partial charge in [-0.25, -0.2) is 4.57 Å². The van der Waals surface area contributed by atoms with Crippen LogP contribution in [0.25, 0.3) is 0 Å². The molecule has 2 N–H and O–H groups in total. The minimum atomic E-state index is -4.76. The number of phosphoric acid groups is 1. The van der Waals surface area contributed by atoms with Gasteiger partial charge >= 0.3 is 25.7 Å². The summed E-state index contributed by atoms with van der Waals surface area (Å²) in [6.07, 6.45) is 62.2. The van der Waals surface area contributed by atoms with Crippen molar-refractivity contribution < 1.29 is 52.2 Å². The molecule has 72 heavy (non-hydrogen) atoms. The van der Waals surface area contributed by atoms with Crippen molar-refractivity contribution in [3.63, 3.8) is 0 Å². The SMILES string of the molecule is CC/C=C\C/C=C\C/C=C\C/C=C\C/C=C\CCCCCC(=O)OC(COC(=O)CCCCCCC/C=C\CCCCCC)COP(=O)(O)OCC(CO)OC(=O)CCCCCCC/C=C\C/C=C\CCC. The van der Waals surface area contributed by atoms with E-state index in [1.54, 1.807) is 0 Å². The van der Waals surface area contributed by atoms with Crippen molar-refractivity contribution in [1.29, 1.82) is 0 Å². The van der Waals surface area contributed by atoms with Crippen LogP contribution in [0, 0.1) is 0 Å². The molecule has 0 rings (SSSR count). The summed E-state index contributed by atoms with van der Waals surface area (Å²) in [5.74, 6) is -1.53. The van der Waals surface area contributed by atoms with E-state index in [9.17, 15) is 28.9 Å². The number of allylic oxidation sites excluding steroid dienone is 16. The quantitative estimate of drug-likeness (QED) is 0.0197. The van der Waals surface area contributed by atoms with E-state index in [1.165, 1.54) is 25.7 Å². The molecular formula is C60H101O11P. The molecule has 0 aromatic carbocycles. The Bertz CT molecular complexity index is 1580. The Labute approximate surface area is 438 Å². The molecule has 3 unspecified atom stereocenters. The average molecular weight is 1030 g/mol. The smallest absolute Gasteiger partial charge is 0.462 e. The van der Waals surface area contributed by atoms with E-state index in [4.69, 9.17) is 23.3 Å². The Morgan fingerprint density at radius 2 is 0.750 bits per heavy atom. The first-order valence-corrected chi connectivity index (χ1v) is 29.6. The van der Waals surface area contributed by atoms with Crippen LogP contribution in [0.4, 0.5) is 0 Å². The van der Waals surface area contributed by atoms with Crippen molar-refractivity contribution in [3.05, 3.63) is 97.2 Å². The Morgan fingerprint density at radius 3 is 1.19 bits per heavy atom. The van der Waals surface area contributed by atoms with Gasteiger partial charge in [0.1, 0.15) is 12.7 Å². The van der Waals surface area contributed by atoms with E-state index in [-0.39, 0.29) is 25.9 Å². The largest absolute Gasteiger partial charge is 0.472 e. The standard InChI is InChI=1S/C60H101O11P/c1-4-7-10-13-16-19-22-25-26-27-28-29-30-33-36-39-42-45-48-51-60(64)71-57(53-67-58(62)49-46-43-40-37-34-31-23-20-17-14-11-8-5-2)55-69-72(65,66)68-54-56(52-61)70-59(63)50-47-44-41-38-35-32-24-21-18-15-12-9-6-3/h7,10,12,15-16,19-21,23-26,28-29,33,36,56-57,61H,4-6,8-9,11,13-14,17-18,22,27,30-32,34-35,37-55H2,1-3H3,(H,65,66)/b10-7-,15-12-,19-16-,23-20-,24-21-,26-25-,29-28-,36-33-. The maximum atomic E-state index is 12.9. The summed E-state index contributed by atoms with van der Waals surface area (Å²) < 4.78 is 39.4. The summed E-state index contributed by atoms with van der Waals surface area (Å²) in [5, 5.41) is 9.79. The maximum Gasteiger partial charge on any atom is 0.472 e. The Kier molecular flexibility index (Phi) is 51.0. The second kappa shape index (κ2) is 53.7. The van der Waals surface area contributed by atoms with Gasteiger partial charge in [-0.3, -0.25) is 23.4 Å². The molecule has 3 atom stereocenters. The molecule has 0 fully saturated rings. The fraction of sp³-hybridized carbons (Fsp3) is 0.683. The monoisotopic (exact) mass is 1030 g/mol. The Hall–Kier alpha value is -3.60. The Morgan fingerprint density at radius 1 is 0.403 bits per heavy atom. The second-order valence-electron chi connectivity index (χ2n) is 18.4. The molecular weight excluding hydrogens is 928 g/mol. The van der Waals surface area contributed by atoms with E-state index in [2.05, 4.69) is 118 Å². The number of aliphatic hydroxyl groups is 1. The number of carbonyl (C=O) groups is 3. The molecule has 0 aromatic heterocycles. The number of phosphoric ester groups is 1. The molecule has 0 bridgehead atoms. The van der Waals surface area contributed by atoms with Gasteiger partial charge in [-0.05, 0) is 116 Å². The van der Waals surface area contributed by atoms with Gasteiger partial charge in [-0.15, -0.1) is 0 Å². The molecule has 0 saturated carbocycles. The zero-order valence-corrected chi connectivity index (χ0v) is 46.3. The lowest BCUT2D eigenvalue weighted by Gasteiger charge is -2.21. The van der Waals surface area contributed by atoms with E-state index in [1.807, 2.05) is 0 Å². The zero-order chi connectivity index (χ0) is 52.7. The molecule has 0 aromatic rings. The number of ether oxygens (including phenoxy) is 3. The van der Waals surface area contributed by atoms with Crippen LogP contribution in [0.5, 0.6) is 0 Å². The van der Waals surface area contributed by atoms with E-state index in [0.717, 1.165) is 141 Å². The van der Waals surface area contributed by atoms with Crippen LogP contribution in [-0.4, -0.2) is 66.5 Å². The number of aliphatic hydroxyl groups excluding tert-OH is 1. The third kappa shape index (κ3) is 51.3. The summed E-state index contributed by atoms with van der Waals surface area (Å²) in [4.78, 5) is 48.5. The maximum absolute atomic E-state index is 12.9. The van der Waals surface area contributed by atoms with Gasteiger partial charge in [0.15, 0.2) is 6.10 Å². The lowest BCUT2D eigenvalue weighted by molar-refractivity contribution is -0.161. The summed E-state index contributed by atoms with van der Waals surface area (Å²) in [7, 11) is -4.76. The summed E-state index contributed by atoms with van der Waals surface area (Å²) >= 11 is 0. The third-order valence-electron chi connectivity index (χ3n) is 11.4. The van der Waals surface area contributed by atoms with Crippen molar-refractivity contribution in [3.8, 4) is 0 Å². The number of carbonyl (C=O) groups excluding carboxylic acids is 3. The highest BCUT2D eigenvalue weighted by atomic mass is 31.2. The van der Waals surface area contributed by atoms with Crippen molar-refractivity contribution >= 4 is 25.7 Å². The topological polar surface area (TPSA) is 155 Å². The van der Waals surface area contributed by atoms with Crippen LogP contribution >= 0.6 is 7.82 Å². The van der Waals surface area contributed by atoms with Gasteiger partial charge in [0, 0.05) is 19.3 Å². The van der Waals surface area contributed by atoms with Crippen molar-refractivity contribution in [1.82, 2.24) is 0 Å². The van der Waals surface area contributed by atoms with E-state index < -0.39 is 57.8 Å². The van der Waals surface area contributed by atoms with Crippen molar-refractivity contribution in [2.45, 2.75) is 238 Å². The highest BCUT2D eigenvalue weighted by Gasteiger charge is 2.28. The molecule has 0 aliphatic rings. The minimum Gasteiger partial charge on any atom is -0.462 e. The lowest BCUT2D eigenvalue weighted by atomic mass is 10.1. The molecule has 12 heteroatoms. The number of rotatable bonds is 51. The number of hydrogen-bond donors (Lipinski definition) is 2. The van der Waals surface area contributed by atoms with Gasteiger partial charge in [0.25, 0.3) is 0 Å². The van der Waals surface area contributed by atoms with Gasteiger partial charge in [0.2, 0.25) is 0 Å². The lowest BCUT2D eigenvalue weighted by Crippen LogP contribution is -2.30. The van der Waals surface area contributed by atoms with Crippen LogP contribution in [0.1, 0.15) is 226 Å². The minimum absolute atomic E-state index is 0.122. The van der Waals surface area contributed by atoms with Crippen LogP contribution in [0.3, 0.4) is 0 Å². The first kappa shape index (κ1) is 68.4. The fourth-order valence-electron chi connectivity index (χ4n) is 7.18. The number of hydrogen-bond acceptors (Lipinski definition) is 10. The van der Waals surface area contributed by atoms with Crippen LogP contribution in [-0.2, 0) is 42.2 Å². The summed E-state index contributed by atoms with van der Waals surface area (Å²) in [5.41, 5.74) is 0. The normalized spacial score (nSPS) is 14.1. The van der Waals surface area contributed by atoms with Gasteiger partial charge in [-0.1, -0.05) is 189 Å². The molecule has 0 saturated heterocycles. The zero-order valence-electron chi connectivity index (χ0n) is 45.4. The molecule has 11 nitrogen and oxygen atoms in total. The predicted molar refractivity (Wildman–Crippen MR) is 297 cm³/mol. The van der Waals surface area contributed by atoms with Gasteiger partial charge < -0.3 is 24.2 Å². The van der Waals surface area contributed by atoms with Crippen LogP contribution in [0.15, 0.2) is 97.2 Å². The molecule has 0 radical (unpaired) electrons. The highest BCUT2D eigenvalue weighted by Crippen LogP contribution is 2.43. The van der Waals surface area contributed by atoms with Gasteiger partial charge in [0.05, 0.1) is 19.8 Å². The first-order chi connectivity index (χ1) is 35.2. The van der Waals surface area contributed by atoms with E-state index in [0.29, 0.717) is 19.3 Å². The second-order valence-corrected chi connectivity index (χ2v) is 19.8. The molecule has 0 amide bonds. The van der Waals surface area contributed by atoms with Crippen LogP contribution in [0.2, 0.25) is 0 Å². The van der Waals surface area contributed by atoms with E-state index >= 15 is 0 Å². The average Bonchev–Trinajstić information content (AvgIpc) is 3.37. The highest BCUT2D eigenvalue weighted by molar-refractivity contribution is 7.47. The molecule has 0 aliphatic heterocycles. The van der Waals surface area contributed by atoms with Crippen molar-refractivity contribution in [2.75, 3.05) is 26.4 Å². The van der Waals surface area contributed by atoms with Crippen molar-refractivity contribution in [2.24, 2.45) is 0 Å². The molecule has 0 heterocycles. The predicted octanol–water partition coefficient (Wildman–Crippen LogP) is 16.5. The summed E-state index contributed by atoms with van der Waals surface area (Å²) in [6, 6.07) is 0. The Balaban J connectivity index is 4.82. The number of unbranched alkanes of at least 4 members (excludes halogenated alkanes) is 18. The fourth-order valence-corrected chi connectivity index (χ4v) is 7.96.